The molecule has 0 radical (unpaired) electrons. The van der Waals surface area contributed by atoms with Crippen molar-refractivity contribution in [2.75, 3.05) is 13.1 Å². The van der Waals surface area contributed by atoms with Crippen molar-refractivity contribution in [3.63, 3.8) is 0 Å². The highest BCUT2D eigenvalue weighted by Crippen LogP contribution is 2.34. The zero-order chi connectivity index (χ0) is 20.3. The molecular weight excluding hydrogens is 382 g/mol. The Hall–Kier alpha value is -1.98. The molecule has 150 valence electrons. The minimum atomic E-state index is -0.910. The molecule has 1 heterocycles. The Morgan fingerprint density at radius 3 is 2.36 bits per heavy atom. The number of hydrogen-bond acceptors (Lipinski definition) is 2. The van der Waals surface area contributed by atoms with Crippen molar-refractivity contribution in [2.45, 2.75) is 44.7 Å². The van der Waals surface area contributed by atoms with Gasteiger partial charge in [-0.1, -0.05) is 29.8 Å². The van der Waals surface area contributed by atoms with E-state index in [0.29, 0.717) is 10.6 Å². The van der Waals surface area contributed by atoms with Gasteiger partial charge in [-0.3, -0.25) is 9.69 Å². The zero-order valence-corrected chi connectivity index (χ0v) is 16.9. The van der Waals surface area contributed by atoms with Gasteiger partial charge in [0.1, 0.15) is 0 Å². The minimum absolute atomic E-state index is 0.177. The second-order valence-electron chi connectivity index (χ2n) is 7.83. The number of benzene rings is 2. The van der Waals surface area contributed by atoms with Crippen LogP contribution in [0.25, 0.3) is 0 Å². The van der Waals surface area contributed by atoms with Gasteiger partial charge in [0, 0.05) is 10.6 Å². The van der Waals surface area contributed by atoms with E-state index in [1.807, 2.05) is 13.8 Å². The van der Waals surface area contributed by atoms with Gasteiger partial charge in [-0.2, -0.15) is 0 Å². The number of halogens is 3. The van der Waals surface area contributed by atoms with E-state index in [0.717, 1.165) is 37.6 Å². The van der Waals surface area contributed by atoms with Gasteiger partial charge >= 0.3 is 0 Å². The highest BCUT2D eigenvalue weighted by molar-refractivity contribution is 6.30. The molecule has 6 heteroatoms. The summed E-state index contributed by atoms with van der Waals surface area (Å²) in [5.41, 5.74) is 0.946. The molecule has 0 aromatic heterocycles. The number of carbonyl (C=O) groups excluding carboxylic acids is 1. The van der Waals surface area contributed by atoms with Crippen molar-refractivity contribution in [3.05, 3.63) is 70.2 Å². The van der Waals surface area contributed by atoms with Crippen LogP contribution in [0.4, 0.5) is 8.78 Å². The number of nitrogens with zero attached hydrogens (tertiary/aromatic N) is 1. The summed E-state index contributed by atoms with van der Waals surface area (Å²) in [6, 6.07) is 10.5. The molecule has 1 amide bonds. The molecule has 1 unspecified atom stereocenters. The first kappa shape index (κ1) is 20.7. The standard InChI is InChI=1S/C22H25ClF2N2O/c1-22(2,27-11-3-4-12-27)21(16-7-10-18(24)19(25)14-16)26-20(28)13-15-5-8-17(23)9-6-15/h5-10,14,21H,3-4,11-13H2,1-2H3,(H,26,28). The summed E-state index contributed by atoms with van der Waals surface area (Å²) < 4.78 is 27.4. The van der Waals surface area contributed by atoms with Crippen LogP contribution in [0.1, 0.15) is 43.9 Å². The van der Waals surface area contributed by atoms with Crippen LogP contribution in [0.15, 0.2) is 42.5 Å². The van der Waals surface area contributed by atoms with Crippen LogP contribution >= 0.6 is 11.6 Å². The minimum Gasteiger partial charge on any atom is -0.347 e. The van der Waals surface area contributed by atoms with Gasteiger partial charge in [-0.05, 0) is 75.2 Å². The van der Waals surface area contributed by atoms with Crippen molar-refractivity contribution in [1.82, 2.24) is 10.2 Å². The summed E-state index contributed by atoms with van der Waals surface area (Å²) in [7, 11) is 0. The Balaban J connectivity index is 1.85. The quantitative estimate of drug-likeness (QED) is 0.740. The molecule has 1 saturated heterocycles. The Morgan fingerprint density at radius 2 is 1.75 bits per heavy atom. The number of nitrogens with one attached hydrogen (secondary N) is 1. The lowest BCUT2D eigenvalue weighted by molar-refractivity contribution is -0.122. The molecule has 1 atom stereocenters. The van der Waals surface area contributed by atoms with Gasteiger partial charge in [-0.25, -0.2) is 8.78 Å². The fourth-order valence-electron chi connectivity index (χ4n) is 3.84. The van der Waals surface area contributed by atoms with Crippen LogP contribution < -0.4 is 5.32 Å². The van der Waals surface area contributed by atoms with Gasteiger partial charge in [0.15, 0.2) is 11.6 Å². The monoisotopic (exact) mass is 406 g/mol. The Labute approximate surface area is 169 Å². The predicted molar refractivity (Wildman–Crippen MR) is 107 cm³/mol. The molecule has 1 aliphatic rings. The van der Waals surface area contributed by atoms with E-state index < -0.39 is 23.2 Å². The lowest BCUT2D eigenvalue weighted by Gasteiger charge is -2.42. The molecule has 0 spiro atoms. The predicted octanol–water partition coefficient (Wildman–Crippen LogP) is 4.89. The second kappa shape index (κ2) is 8.58. The summed E-state index contributed by atoms with van der Waals surface area (Å²) >= 11 is 5.90. The maximum Gasteiger partial charge on any atom is 0.224 e. The van der Waals surface area contributed by atoms with Crippen molar-refractivity contribution in [3.8, 4) is 0 Å². The van der Waals surface area contributed by atoms with Crippen LogP contribution in [0, 0.1) is 11.6 Å². The third kappa shape index (κ3) is 4.70. The van der Waals surface area contributed by atoms with Crippen LogP contribution in [0.5, 0.6) is 0 Å². The molecule has 3 rings (SSSR count). The molecule has 0 aliphatic carbocycles. The summed E-state index contributed by atoms with van der Waals surface area (Å²) in [5, 5.41) is 3.67. The van der Waals surface area contributed by atoms with E-state index in [1.165, 1.54) is 6.07 Å². The van der Waals surface area contributed by atoms with E-state index in [9.17, 15) is 13.6 Å². The number of likely N-dealkylation sites (tertiary alicyclic amines) is 1. The molecule has 0 bridgehead atoms. The van der Waals surface area contributed by atoms with Crippen molar-refractivity contribution in [2.24, 2.45) is 0 Å². The SMILES string of the molecule is CC(C)(C(NC(=O)Cc1ccc(Cl)cc1)c1ccc(F)c(F)c1)N1CCCC1. The molecule has 0 saturated carbocycles. The first-order valence-corrected chi connectivity index (χ1v) is 9.89. The normalized spacial score (nSPS) is 16.2. The van der Waals surface area contributed by atoms with Crippen LogP contribution in [0.3, 0.4) is 0 Å². The van der Waals surface area contributed by atoms with Crippen molar-refractivity contribution in [1.29, 1.82) is 0 Å². The molecule has 1 aliphatic heterocycles. The molecule has 28 heavy (non-hydrogen) atoms. The van der Waals surface area contributed by atoms with Crippen molar-refractivity contribution >= 4 is 17.5 Å². The number of amides is 1. The Bertz CT molecular complexity index is 833. The summed E-state index contributed by atoms with van der Waals surface area (Å²) in [6.45, 7) is 5.90. The topological polar surface area (TPSA) is 32.3 Å². The fourth-order valence-corrected chi connectivity index (χ4v) is 3.96. The highest BCUT2D eigenvalue weighted by Gasteiger charge is 2.38. The van der Waals surface area contributed by atoms with Gasteiger partial charge < -0.3 is 5.32 Å². The third-order valence-electron chi connectivity index (χ3n) is 5.49. The van der Waals surface area contributed by atoms with Crippen LogP contribution in [-0.2, 0) is 11.2 Å². The fraction of sp³-hybridized carbons (Fsp3) is 0.409. The van der Waals surface area contributed by atoms with E-state index in [-0.39, 0.29) is 12.3 Å². The van der Waals surface area contributed by atoms with Crippen molar-refractivity contribution < 1.29 is 13.6 Å². The molecular formula is C22H25ClF2N2O. The van der Waals surface area contributed by atoms with Crippen LogP contribution in [-0.4, -0.2) is 29.4 Å². The second-order valence-corrected chi connectivity index (χ2v) is 8.26. The maximum atomic E-state index is 13.9. The molecule has 3 nitrogen and oxygen atoms in total. The van der Waals surface area contributed by atoms with E-state index >= 15 is 0 Å². The summed E-state index contributed by atoms with van der Waals surface area (Å²) in [5.74, 6) is -1.98. The van der Waals surface area contributed by atoms with Gasteiger partial charge in [0.2, 0.25) is 5.91 Å². The molecule has 2 aromatic carbocycles. The number of carbonyl (C=O) groups is 1. The Kier molecular flexibility index (Phi) is 6.36. The zero-order valence-electron chi connectivity index (χ0n) is 16.1. The summed E-state index contributed by atoms with van der Waals surface area (Å²) in [6.07, 6.45) is 2.37. The largest absolute Gasteiger partial charge is 0.347 e. The number of hydrogen-bond donors (Lipinski definition) is 1. The van der Waals surface area contributed by atoms with Crippen LogP contribution in [0.2, 0.25) is 5.02 Å². The first-order valence-electron chi connectivity index (χ1n) is 9.51. The third-order valence-corrected chi connectivity index (χ3v) is 5.74. The smallest absolute Gasteiger partial charge is 0.224 e. The van der Waals surface area contributed by atoms with Gasteiger partial charge in [0.05, 0.1) is 12.5 Å². The molecule has 2 aromatic rings. The summed E-state index contributed by atoms with van der Waals surface area (Å²) in [4.78, 5) is 15.1. The average Bonchev–Trinajstić information content (AvgIpc) is 3.20. The van der Waals surface area contributed by atoms with Gasteiger partial charge in [0.25, 0.3) is 0 Å². The van der Waals surface area contributed by atoms with E-state index in [4.69, 9.17) is 11.6 Å². The lowest BCUT2D eigenvalue weighted by atomic mass is 9.86. The van der Waals surface area contributed by atoms with Gasteiger partial charge in [-0.15, -0.1) is 0 Å². The van der Waals surface area contributed by atoms with E-state index in [2.05, 4.69) is 10.2 Å². The molecule has 1 N–H and O–H groups in total. The van der Waals surface area contributed by atoms with E-state index in [1.54, 1.807) is 30.3 Å². The highest BCUT2D eigenvalue weighted by atomic mass is 35.5. The average molecular weight is 407 g/mol. The Morgan fingerprint density at radius 1 is 1.11 bits per heavy atom. The number of rotatable bonds is 6. The molecule has 1 fully saturated rings. The first-order chi connectivity index (χ1) is 13.3. The maximum absolute atomic E-state index is 13.9. The lowest BCUT2D eigenvalue weighted by Crippen LogP contribution is -2.53.